The Labute approximate surface area is 177 Å². The monoisotopic (exact) mass is 407 g/mol. The maximum atomic E-state index is 13.1. The van der Waals surface area contributed by atoms with E-state index in [-0.39, 0.29) is 17.9 Å². The van der Waals surface area contributed by atoms with Crippen LogP contribution in [0, 0.1) is 0 Å². The standard InChI is InChI=1S/C24H29N3O3/c1-2-23(28)26-19-9-10-22(27-12-11-17-6-3-4-7-18(17)16-27)21(14-19)24(29)25-15-20-8-5-13-30-20/h3-4,6-7,9-10,14,20H,2,5,8,11-13,15-16H2,1H3,(H,25,29)(H,26,28). The zero-order valence-electron chi connectivity index (χ0n) is 17.4. The van der Waals surface area contributed by atoms with E-state index in [1.807, 2.05) is 19.1 Å². The molecule has 2 N–H and O–H groups in total. The van der Waals surface area contributed by atoms with Gasteiger partial charge in [-0.2, -0.15) is 0 Å². The van der Waals surface area contributed by atoms with Gasteiger partial charge in [0.1, 0.15) is 0 Å². The molecule has 2 aromatic rings. The molecule has 4 rings (SSSR count). The number of fused-ring (bicyclic) bond motifs is 1. The summed E-state index contributed by atoms with van der Waals surface area (Å²) in [7, 11) is 0. The Hall–Kier alpha value is -2.86. The van der Waals surface area contributed by atoms with E-state index in [9.17, 15) is 9.59 Å². The average molecular weight is 408 g/mol. The lowest BCUT2D eigenvalue weighted by Crippen LogP contribution is -2.35. The Bertz CT molecular complexity index is 922. The molecule has 158 valence electrons. The van der Waals surface area contributed by atoms with E-state index < -0.39 is 0 Å². The lowest BCUT2D eigenvalue weighted by molar-refractivity contribution is -0.115. The van der Waals surface area contributed by atoms with Crippen molar-refractivity contribution in [3.63, 3.8) is 0 Å². The van der Waals surface area contributed by atoms with Gasteiger partial charge in [-0.15, -0.1) is 0 Å². The molecule has 0 saturated carbocycles. The van der Waals surface area contributed by atoms with Gasteiger partial charge in [0.15, 0.2) is 0 Å². The summed E-state index contributed by atoms with van der Waals surface area (Å²) in [4.78, 5) is 27.2. The summed E-state index contributed by atoms with van der Waals surface area (Å²) in [5.74, 6) is -0.202. The van der Waals surface area contributed by atoms with E-state index in [2.05, 4.69) is 39.8 Å². The Morgan fingerprint density at radius 1 is 1.17 bits per heavy atom. The Morgan fingerprint density at radius 3 is 2.77 bits per heavy atom. The van der Waals surface area contributed by atoms with Gasteiger partial charge in [-0.3, -0.25) is 9.59 Å². The van der Waals surface area contributed by atoms with Gasteiger partial charge < -0.3 is 20.3 Å². The first-order valence-electron chi connectivity index (χ1n) is 10.8. The summed E-state index contributed by atoms with van der Waals surface area (Å²) in [6.45, 7) is 4.70. The number of anilines is 2. The molecule has 1 atom stereocenters. The van der Waals surface area contributed by atoms with Crippen molar-refractivity contribution >= 4 is 23.2 Å². The Morgan fingerprint density at radius 2 is 2.00 bits per heavy atom. The summed E-state index contributed by atoms with van der Waals surface area (Å²) in [5.41, 5.74) is 4.78. The van der Waals surface area contributed by atoms with Gasteiger partial charge in [-0.25, -0.2) is 0 Å². The summed E-state index contributed by atoms with van der Waals surface area (Å²) >= 11 is 0. The second-order valence-corrected chi connectivity index (χ2v) is 7.92. The van der Waals surface area contributed by atoms with Crippen LogP contribution < -0.4 is 15.5 Å². The highest BCUT2D eigenvalue weighted by molar-refractivity contribution is 6.02. The van der Waals surface area contributed by atoms with Crippen LogP contribution in [-0.2, 0) is 22.5 Å². The summed E-state index contributed by atoms with van der Waals surface area (Å²) in [6.07, 6.45) is 3.44. The predicted molar refractivity (Wildman–Crippen MR) is 118 cm³/mol. The topological polar surface area (TPSA) is 70.7 Å². The molecule has 0 radical (unpaired) electrons. The van der Waals surface area contributed by atoms with Crippen molar-refractivity contribution < 1.29 is 14.3 Å². The average Bonchev–Trinajstić information content (AvgIpc) is 3.30. The van der Waals surface area contributed by atoms with E-state index in [1.54, 1.807) is 6.07 Å². The van der Waals surface area contributed by atoms with E-state index in [0.29, 0.717) is 24.2 Å². The molecule has 2 aliphatic rings. The molecule has 1 unspecified atom stereocenters. The molecular weight excluding hydrogens is 378 g/mol. The van der Waals surface area contributed by atoms with Crippen LogP contribution in [0.1, 0.15) is 47.7 Å². The van der Waals surface area contributed by atoms with Crippen molar-refractivity contribution in [1.82, 2.24) is 5.32 Å². The van der Waals surface area contributed by atoms with Crippen LogP contribution in [0.4, 0.5) is 11.4 Å². The summed E-state index contributed by atoms with van der Waals surface area (Å²) in [5, 5.41) is 5.90. The number of benzene rings is 2. The third-order valence-corrected chi connectivity index (χ3v) is 5.83. The zero-order chi connectivity index (χ0) is 20.9. The lowest BCUT2D eigenvalue weighted by Gasteiger charge is -2.32. The molecule has 2 aliphatic heterocycles. The number of nitrogens with zero attached hydrogens (tertiary/aromatic N) is 1. The largest absolute Gasteiger partial charge is 0.376 e. The minimum atomic E-state index is -0.132. The molecule has 0 spiro atoms. The highest BCUT2D eigenvalue weighted by atomic mass is 16.5. The van der Waals surface area contributed by atoms with Crippen LogP contribution in [-0.4, -0.2) is 37.6 Å². The number of rotatable bonds is 6. The normalized spacial score (nSPS) is 18.0. The Kier molecular flexibility index (Phi) is 6.33. The zero-order valence-corrected chi connectivity index (χ0v) is 17.4. The van der Waals surface area contributed by atoms with Gasteiger partial charge in [0, 0.05) is 44.0 Å². The first-order chi connectivity index (χ1) is 14.6. The lowest BCUT2D eigenvalue weighted by atomic mass is 9.98. The second-order valence-electron chi connectivity index (χ2n) is 7.92. The highest BCUT2D eigenvalue weighted by Crippen LogP contribution is 2.29. The van der Waals surface area contributed by atoms with Crippen LogP contribution in [0.5, 0.6) is 0 Å². The molecule has 0 bridgehead atoms. The van der Waals surface area contributed by atoms with E-state index in [0.717, 1.165) is 44.6 Å². The maximum absolute atomic E-state index is 13.1. The fourth-order valence-corrected chi connectivity index (χ4v) is 4.13. The van der Waals surface area contributed by atoms with Crippen molar-refractivity contribution in [1.29, 1.82) is 0 Å². The van der Waals surface area contributed by atoms with E-state index in [1.165, 1.54) is 11.1 Å². The van der Waals surface area contributed by atoms with Crippen molar-refractivity contribution in [3.8, 4) is 0 Å². The summed E-state index contributed by atoms with van der Waals surface area (Å²) in [6, 6.07) is 14.1. The molecule has 0 aliphatic carbocycles. The summed E-state index contributed by atoms with van der Waals surface area (Å²) < 4.78 is 5.63. The molecular formula is C24H29N3O3. The van der Waals surface area contributed by atoms with Gasteiger partial charge in [0.25, 0.3) is 5.91 Å². The molecule has 2 aromatic carbocycles. The van der Waals surface area contributed by atoms with Crippen molar-refractivity contribution in [3.05, 3.63) is 59.2 Å². The fraction of sp³-hybridized carbons (Fsp3) is 0.417. The minimum absolute atomic E-state index is 0.0691. The number of carbonyl (C=O) groups excluding carboxylic acids is 2. The molecule has 0 aromatic heterocycles. The van der Waals surface area contributed by atoms with Crippen LogP contribution in [0.3, 0.4) is 0 Å². The van der Waals surface area contributed by atoms with E-state index in [4.69, 9.17) is 4.74 Å². The number of nitrogens with one attached hydrogen (secondary N) is 2. The van der Waals surface area contributed by atoms with Gasteiger partial charge in [-0.1, -0.05) is 31.2 Å². The molecule has 30 heavy (non-hydrogen) atoms. The number of amides is 2. The number of hydrogen-bond acceptors (Lipinski definition) is 4. The SMILES string of the molecule is CCC(=O)Nc1ccc(N2CCc3ccccc3C2)c(C(=O)NCC2CCCO2)c1. The van der Waals surface area contributed by atoms with Crippen molar-refractivity contribution in [2.24, 2.45) is 0 Å². The molecule has 1 fully saturated rings. The highest BCUT2D eigenvalue weighted by Gasteiger charge is 2.23. The third kappa shape index (κ3) is 4.65. The van der Waals surface area contributed by atoms with Crippen LogP contribution in [0.25, 0.3) is 0 Å². The molecule has 2 heterocycles. The van der Waals surface area contributed by atoms with Crippen LogP contribution in [0.2, 0.25) is 0 Å². The number of carbonyl (C=O) groups is 2. The minimum Gasteiger partial charge on any atom is -0.376 e. The van der Waals surface area contributed by atoms with Gasteiger partial charge in [-0.05, 0) is 48.6 Å². The van der Waals surface area contributed by atoms with Gasteiger partial charge in [0.2, 0.25) is 5.91 Å². The van der Waals surface area contributed by atoms with Crippen molar-refractivity contribution in [2.45, 2.75) is 45.3 Å². The third-order valence-electron chi connectivity index (χ3n) is 5.83. The smallest absolute Gasteiger partial charge is 0.253 e. The Balaban J connectivity index is 1.58. The molecule has 6 nitrogen and oxygen atoms in total. The van der Waals surface area contributed by atoms with Crippen LogP contribution in [0.15, 0.2) is 42.5 Å². The number of ether oxygens (including phenoxy) is 1. The first kappa shape index (κ1) is 20.4. The first-order valence-corrected chi connectivity index (χ1v) is 10.8. The van der Waals surface area contributed by atoms with Crippen LogP contribution >= 0.6 is 0 Å². The molecule has 2 amide bonds. The predicted octanol–water partition coefficient (Wildman–Crippen LogP) is 3.51. The van der Waals surface area contributed by atoms with E-state index >= 15 is 0 Å². The van der Waals surface area contributed by atoms with Crippen molar-refractivity contribution in [2.75, 3.05) is 29.9 Å². The second kappa shape index (κ2) is 9.30. The van der Waals surface area contributed by atoms with Gasteiger partial charge >= 0.3 is 0 Å². The fourth-order valence-electron chi connectivity index (χ4n) is 4.13. The number of hydrogen-bond donors (Lipinski definition) is 2. The van der Waals surface area contributed by atoms with Gasteiger partial charge in [0.05, 0.1) is 11.7 Å². The molecule has 6 heteroatoms. The quantitative estimate of drug-likeness (QED) is 0.769. The molecule has 1 saturated heterocycles. The maximum Gasteiger partial charge on any atom is 0.253 e.